The van der Waals surface area contributed by atoms with Gasteiger partial charge in [0.2, 0.25) is 0 Å². The zero-order valence-corrected chi connectivity index (χ0v) is 38.3. The number of ether oxygens (including phenoxy) is 2. The van der Waals surface area contributed by atoms with E-state index in [4.69, 9.17) is 9.47 Å². The summed E-state index contributed by atoms with van der Waals surface area (Å²) < 4.78 is 13.8. The molecule has 0 aliphatic carbocycles. The number of benzene rings is 12. The number of hydrogen-bond donors (Lipinski definition) is 0. The van der Waals surface area contributed by atoms with Gasteiger partial charge in [0.15, 0.2) is 8.07 Å². The number of rotatable bonds is 6. The molecular weight excluding hydrogens is 841 g/mol. The molecule has 68 heavy (non-hydrogen) atoms. The van der Waals surface area contributed by atoms with E-state index in [1.807, 2.05) is 0 Å². The number of fused-ring (bicyclic) bond motifs is 6. The second kappa shape index (κ2) is 15.0. The van der Waals surface area contributed by atoms with Crippen LogP contribution in [0.3, 0.4) is 0 Å². The van der Waals surface area contributed by atoms with Gasteiger partial charge in [-0.1, -0.05) is 200 Å². The molecule has 0 atom stereocenters. The summed E-state index contributed by atoms with van der Waals surface area (Å²) in [6.07, 6.45) is 0. The van der Waals surface area contributed by atoms with E-state index in [-0.39, 0.29) is 0 Å². The van der Waals surface area contributed by atoms with E-state index in [9.17, 15) is 0 Å². The van der Waals surface area contributed by atoms with Crippen molar-refractivity contribution in [2.75, 3.05) is 0 Å². The minimum Gasteiger partial charge on any atom is -0.456 e. The topological polar surface area (TPSA) is 18.5 Å². The summed E-state index contributed by atoms with van der Waals surface area (Å²) in [6, 6.07) is 87.2. The monoisotopic (exact) mass is 882 g/mol. The second-order valence-corrected chi connectivity index (χ2v) is 22.1. The molecule has 12 aromatic rings. The van der Waals surface area contributed by atoms with Crippen LogP contribution in [0.25, 0.3) is 87.6 Å². The lowest BCUT2D eigenvalue weighted by Crippen LogP contribution is -2.74. The fraction of sp³-hybridized carbons (Fsp3) is 0.0154. The molecule has 0 N–H and O–H groups in total. The van der Waals surface area contributed by atoms with Gasteiger partial charge in [-0.25, -0.2) is 0 Å². The lowest BCUT2D eigenvalue weighted by Gasteiger charge is -2.36. The quantitative estimate of drug-likeness (QED) is 0.0941. The van der Waals surface area contributed by atoms with E-state index < -0.39 is 8.07 Å². The van der Waals surface area contributed by atoms with Crippen LogP contribution >= 0.6 is 0 Å². The highest BCUT2D eigenvalue weighted by molar-refractivity contribution is 7.20. The molecule has 0 saturated carbocycles. The predicted octanol–water partition coefficient (Wildman–Crippen LogP) is 14.9. The Morgan fingerprint density at radius 1 is 0.294 bits per heavy atom. The first-order chi connectivity index (χ1) is 33.6. The van der Waals surface area contributed by atoms with Gasteiger partial charge in [-0.2, -0.15) is 0 Å². The first kappa shape index (κ1) is 38.7. The standard InChI is InChI=1S/C65H42O2Si/c1-41-31-33-46-48-27-15-29-54-55(35-36-57(64(48)54)66-59(46)39-41)63-52-25-13-11-23-50(52)62(51-24-12-14-26-53(51)63)42-32-34-47-49-28-16-30-56-61(38-37-58(65(49)56)67-60(47)40-42)68(43-17-5-2-6-18-43,44-19-7-3-8-20-44)45-21-9-4-10-22-45/h2-40H,1H3. The van der Waals surface area contributed by atoms with Crippen molar-refractivity contribution in [2.24, 2.45) is 0 Å². The van der Waals surface area contributed by atoms with E-state index in [1.165, 1.54) is 86.4 Å². The lowest BCUT2D eigenvalue weighted by molar-refractivity contribution is 0.486. The molecule has 0 fully saturated rings. The zero-order valence-electron chi connectivity index (χ0n) is 37.3. The van der Waals surface area contributed by atoms with E-state index in [2.05, 4.69) is 244 Å². The Hall–Kier alpha value is -8.50. The van der Waals surface area contributed by atoms with Gasteiger partial charge in [-0.3, -0.25) is 0 Å². The van der Waals surface area contributed by atoms with Crippen LogP contribution in [0.15, 0.2) is 237 Å². The van der Waals surface area contributed by atoms with Crippen molar-refractivity contribution < 1.29 is 9.47 Å². The van der Waals surface area contributed by atoms with Crippen molar-refractivity contribution >= 4 is 71.9 Å². The molecule has 2 nitrogen and oxygen atoms in total. The molecule has 14 rings (SSSR count). The molecule has 0 bridgehead atoms. The lowest BCUT2D eigenvalue weighted by atomic mass is 9.83. The van der Waals surface area contributed by atoms with E-state index >= 15 is 0 Å². The Bertz CT molecular complexity index is 3870. The fourth-order valence-electron chi connectivity index (χ4n) is 11.8. The molecule has 0 aromatic heterocycles. The third-order valence-electron chi connectivity index (χ3n) is 14.7. The SMILES string of the molecule is Cc1ccc2c(c1)Oc1ccc(-c3c4ccccc4c(-c4ccc5c(c4)Oc4ccc([Si](c6ccccc6)(c6ccccc6)c6ccccc6)c6cccc-5c46)c4ccccc34)c3cccc-2c13. The summed E-state index contributed by atoms with van der Waals surface area (Å²) in [5.74, 6) is 3.56. The molecule has 2 aliphatic rings. The molecule has 0 amide bonds. The predicted molar refractivity (Wildman–Crippen MR) is 287 cm³/mol. The average Bonchev–Trinajstić information content (AvgIpc) is 3.40. The van der Waals surface area contributed by atoms with Crippen LogP contribution in [0.5, 0.6) is 23.0 Å². The largest absolute Gasteiger partial charge is 0.456 e. The minimum atomic E-state index is -2.82. The highest BCUT2D eigenvalue weighted by Crippen LogP contribution is 2.53. The molecule has 2 heterocycles. The highest BCUT2D eigenvalue weighted by Gasteiger charge is 2.43. The zero-order chi connectivity index (χ0) is 44.9. The first-order valence-corrected chi connectivity index (χ1v) is 25.5. The Morgan fingerprint density at radius 2 is 0.735 bits per heavy atom. The van der Waals surface area contributed by atoms with Gasteiger partial charge in [-0.05, 0) is 135 Å². The van der Waals surface area contributed by atoms with Crippen LogP contribution in [-0.4, -0.2) is 8.07 Å². The van der Waals surface area contributed by atoms with Crippen molar-refractivity contribution in [1.82, 2.24) is 0 Å². The van der Waals surface area contributed by atoms with Gasteiger partial charge in [0.25, 0.3) is 0 Å². The Morgan fingerprint density at radius 3 is 1.31 bits per heavy atom. The summed E-state index contributed by atoms with van der Waals surface area (Å²) >= 11 is 0. The molecule has 0 saturated heterocycles. The van der Waals surface area contributed by atoms with Gasteiger partial charge in [0.1, 0.15) is 23.0 Å². The van der Waals surface area contributed by atoms with Crippen molar-refractivity contribution in [3.63, 3.8) is 0 Å². The number of hydrogen-bond acceptors (Lipinski definition) is 2. The molecule has 12 aromatic carbocycles. The first-order valence-electron chi connectivity index (χ1n) is 23.5. The molecule has 318 valence electrons. The smallest absolute Gasteiger partial charge is 0.180 e. The van der Waals surface area contributed by atoms with Gasteiger partial charge in [-0.15, -0.1) is 0 Å². The molecule has 0 unspecified atom stereocenters. The summed E-state index contributed by atoms with van der Waals surface area (Å²) in [5, 5.41) is 15.0. The highest BCUT2D eigenvalue weighted by atomic mass is 28.3. The Labute approximate surface area is 396 Å². The van der Waals surface area contributed by atoms with Crippen LogP contribution in [0, 0.1) is 6.92 Å². The van der Waals surface area contributed by atoms with Crippen molar-refractivity contribution in [3.8, 4) is 67.5 Å². The van der Waals surface area contributed by atoms with Gasteiger partial charge >= 0.3 is 0 Å². The van der Waals surface area contributed by atoms with Crippen molar-refractivity contribution in [1.29, 1.82) is 0 Å². The molecule has 2 aliphatic heterocycles. The van der Waals surface area contributed by atoms with Crippen LogP contribution in [0.2, 0.25) is 0 Å². The summed E-state index contributed by atoms with van der Waals surface area (Å²) in [6.45, 7) is 2.12. The van der Waals surface area contributed by atoms with E-state index in [0.29, 0.717) is 0 Å². The molecular formula is C65H42O2Si. The maximum atomic E-state index is 7.14. The second-order valence-electron chi connectivity index (χ2n) is 18.3. The van der Waals surface area contributed by atoms with Crippen molar-refractivity contribution in [2.45, 2.75) is 6.92 Å². The minimum absolute atomic E-state index is 0.865. The van der Waals surface area contributed by atoms with Crippen molar-refractivity contribution in [3.05, 3.63) is 242 Å². The summed E-state index contributed by atoms with van der Waals surface area (Å²) in [4.78, 5) is 0. The van der Waals surface area contributed by atoms with Crippen LogP contribution in [0.1, 0.15) is 5.56 Å². The Kier molecular flexibility index (Phi) is 8.55. The third-order valence-corrected chi connectivity index (χ3v) is 19.5. The fourth-order valence-corrected chi connectivity index (χ4v) is 16.8. The van der Waals surface area contributed by atoms with Gasteiger partial charge in [0.05, 0.1) is 0 Å². The number of aryl methyl sites for hydroxylation is 1. The van der Waals surface area contributed by atoms with Gasteiger partial charge < -0.3 is 9.47 Å². The Balaban J connectivity index is 0.957. The summed E-state index contributed by atoms with van der Waals surface area (Å²) in [5.41, 5.74) is 10.6. The maximum Gasteiger partial charge on any atom is 0.180 e. The normalized spacial score (nSPS) is 12.4. The summed E-state index contributed by atoms with van der Waals surface area (Å²) in [7, 11) is -2.82. The molecule has 0 radical (unpaired) electrons. The van der Waals surface area contributed by atoms with Crippen LogP contribution < -0.4 is 30.2 Å². The van der Waals surface area contributed by atoms with E-state index in [1.54, 1.807) is 0 Å². The average molecular weight is 883 g/mol. The van der Waals surface area contributed by atoms with E-state index in [0.717, 1.165) is 50.5 Å². The third kappa shape index (κ3) is 5.57. The maximum absolute atomic E-state index is 7.14. The van der Waals surface area contributed by atoms with Crippen LogP contribution in [-0.2, 0) is 0 Å². The van der Waals surface area contributed by atoms with Gasteiger partial charge in [0, 0.05) is 21.9 Å². The molecule has 3 heteroatoms. The molecule has 0 spiro atoms. The van der Waals surface area contributed by atoms with Crippen LogP contribution in [0.4, 0.5) is 0 Å².